The first kappa shape index (κ1) is 15.1. The SMILES string of the molecule is COc1ccc(F)cc1C(=O)Nc1ccc2c(c1)OCCCO2. The van der Waals surface area contributed by atoms with Crippen LogP contribution in [0.4, 0.5) is 10.1 Å². The Balaban J connectivity index is 1.83. The number of fused-ring (bicyclic) bond motifs is 1. The summed E-state index contributed by atoms with van der Waals surface area (Å²) < 4.78 is 29.6. The van der Waals surface area contributed by atoms with E-state index in [9.17, 15) is 9.18 Å². The zero-order valence-corrected chi connectivity index (χ0v) is 12.6. The highest BCUT2D eigenvalue weighted by atomic mass is 19.1. The fourth-order valence-electron chi connectivity index (χ4n) is 2.30. The Labute approximate surface area is 133 Å². The molecule has 3 rings (SSSR count). The zero-order valence-electron chi connectivity index (χ0n) is 12.6. The highest BCUT2D eigenvalue weighted by Crippen LogP contribution is 2.32. The number of carbonyl (C=O) groups excluding carboxylic acids is 1. The van der Waals surface area contributed by atoms with Crippen LogP contribution in [-0.2, 0) is 0 Å². The third kappa shape index (κ3) is 3.36. The average molecular weight is 317 g/mol. The third-order valence-corrected chi connectivity index (χ3v) is 3.41. The number of rotatable bonds is 3. The summed E-state index contributed by atoms with van der Waals surface area (Å²) in [5.41, 5.74) is 0.658. The first-order valence-corrected chi connectivity index (χ1v) is 7.22. The van der Waals surface area contributed by atoms with Crippen molar-refractivity contribution in [3.63, 3.8) is 0 Å². The lowest BCUT2D eigenvalue weighted by Crippen LogP contribution is -2.13. The van der Waals surface area contributed by atoms with Crippen LogP contribution in [0.15, 0.2) is 36.4 Å². The molecule has 0 saturated heterocycles. The monoisotopic (exact) mass is 317 g/mol. The fourth-order valence-corrected chi connectivity index (χ4v) is 2.30. The molecule has 2 aromatic rings. The van der Waals surface area contributed by atoms with Crippen LogP contribution in [0.25, 0.3) is 0 Å². The van der Waals surface area contributed by atoms with E-state index in [1.807, 2.05) is 0 Å². The molecule has 23 heavy (non-hydrogen) atoms. The highest BCUT2D eigenvalue weighted by Gasteiger charge is 2.16. The third-order valence-electron chi connectivity index (χ3n) is 3.41. The number of ether oxygens (including phenoxy) is 3. The maximum atomic E-state index is 13.4. The molecule has 0 aliphatic carbocycles. The molecule has 1 aliphatic rings. The van der Waals surface area contributed by atoms with Gasteiger partial charge in [-0.2, -0.15) is 0 Å². The van der Waals surface area contributed by atoms with Crippen LogP contribution in [-0.4, -0.2) is 26.2 Å². The van der Waals surface area contributed by atoms with Crippen molar-refractivity contribution in [2.75, 3.05) is 25.6 Å². The van der Waals surface area contributed by atoms with Gasteiger partial charge in [0.1, 0.15) is 11.6 Å². The molecule has 0 atom stereocenters. The van der Waals surface area contributed by atoms with Gasteiger partial charge in [-0.3, -0.25) is 4.79 Å². The van der Waals surface area contributed by atoms with Gasteiger partial charge in [0.25, 0.3) is 5.91 Å². The van der Waals surface area contributed by atoms with Crippen LogP contribution in [0.3, 0.4) is 0 Å². The van der Waals surface area contributed by atoms with E-state index in [0.29, 0.717) is 36.1 Å². The summed E-state index contributed by atoms with van der Waals surface area (Å²) in [5, 5.41) is 2.71. The summed E-state index contributed by atoms with van der Waals surface area (Å²) in [6, 6.07) is 8.92. The van der Waals surface area contributed by atoms with Crippen molar-refractivity contribution < 1.29 is 23.4 Å². The molecular formula is C17H16FNO4. The molecule has 0 saturated carbocycles. The molecule has 0 spiro atoms. The maximum Gasteiger partial charge on any atom is 0.259 e. The van der Waals surface area contributed by atoms with Crippen molar-refractivity contribution in [1.29, 1.82) is 0 Å². The van der Waals surface area contributed by atoms with E-state index in [-0.39, 0.29) is 5.56 Å². The van der Waals surface area contributed by atoms with E-state index in [2.05, 4.69) is 5.32 Å². The summed E-state index contributed by atoms with van der Waals surface area (Å²) >= 11 is 0. The molecule has 0 radical (unpaired) electrons. The maximum absolute atomic E-state index is 13.4. The molecule has 1 heterocycles. The van der Waals surface area contributed by atoms with Crippen LogP contribution in [0, 0.1) is 5.82 Å². The van der Waals surface area contributed by atoms with Gasteiger partial charge in [-0.25, -0.2) is 4.39 Å². The topological polar surface area (TPSA) is 56.8 Å². The van der Waals surface area contributed by atoms with Gasteiger partial charge >= 0.3 is 0 Å². The highest BCUT2D eigenvalue weighted by molar-refractivity contribution is 6.06. The number of hydrogen-bond donors (Lipinski definition) is 1. The molecular weight excluding hydrogens is 301 g/mol. The van der Waals surface area contributed by atoms with E-state index in [0.717, 1.165) is 12.5 Å². The normalized spacial score (nSPS) is 13.1. The minimum atomic E-state index is -0.505. The zero-order chi connectivity index (χ0) is 16.2. The van der Waals surface area contributed by atoms with Crippen LogP contribution < -0.4 is 19.5 Å². The standard InChI is InChI=1S/C17H16FNO4/c1-21-14-5-3-11(18)9-13(14)17(20)19-12-4-6-15-16(10-12)23-8-2-7-22-15/h3-6,9-10H,2,7-8H2,1H3,(H,19,20). The lowest BCUT2D eigenvalue weighted by atomic mass is 10.1. The van der Waals surface area contributed by atoms with Crippen molar-refractivity contribution in [2.45, 2.75) is 6.42 Å². The average Bonchev–Trinajstić information content (AvgIpc) is 2.79. The van der Waals surface area contributed by atoms with Gasteiger partial charge in [-0.15, -0.1) is 0 Å². The summed E-state index contributed by atoms with van der Waals surface area (Å²) in [5.74, 6) is 0.555. The van der Waals surface area contributed by atoms with E-state index in [1.165, 1.54) is 19.2 Å². The molecule has 1 aliphatic heterocycles. The number of hydrogen-bond acceptors (Lipinski definition) is 4. The Bertz CT molecular complexity index is 733. The number of nitrogens with one attached hydrogen (secondary N) is 1. The first-order valence-electron chi connectivity index (χ1n) is 7.22. The van der Waals surface area contributed by atoms with Gasteiger partial charge in [0.05, 0.1) is 25.9 Å². The lowest BCUT2D eigenvalue weighted by molar-refractivity contribution is 0.102. The number of carbonyl (C=O) groups is 1. The molecule has 2 aromatic carbocycles. The molecule has 0 aromatic heterocycles. The summed E-state index contributed by atoms with van der Waals surface area (Å²) in [6.45, 7) is 1.15. The lowest BCUT2D eigenvalue weighted by Gasteiger charge is -2.12. The van der Waals surface area contributed by atoms with Crippen LogP contribution in [0.5, 0.6) is 17.2 Å². The van der Waals surface area contributed by atoms with Crippen LogP contribution >= 0.6 is 0 Å². The van der Waals surface area contributed by atoms with Gasteiger partial charge in [-0.1, -0.05) is 0 Å². The van der Waals surface area contributed by atoms with Gasteiger partial charge in [0, 0.05) is 18.2 Å². The second-order valence-electron chi connectivity index (χ2n) is 5.01. The Morgan fingerprint density at radius 1 is 1.13 bits per heavy atom. The number of anilines is 1. The largest absolute Gasteiger partial charge is 0.496 e. The summed E-state index contributed by atoms with van der Waals surface area (Å²) in [4.78, 5) is 12.4. The van der Waals surface area contributed by atoms with E-state index in [4.69, 9.17) is 14.2 Å². The molecule has 120 valence electrons. The van der Waals surface area contributed by atoms with Crippen molar-refractivity contribution in [1.82, 2.24) is 0 Å². The number of amides is 1. The second kappa shape index (κ2) is 6.56. The molecule has 1 N–H and O–H groups in total. The summed E-state index contributed by atoms with van der Waals surface area (Å²) in [6.07, 6.45) is 0.802. The molecule has 6 heteroatoms. The minimum Gasteiger partial charge on any atom is -0.496 e. The predicted octanol–water partition coefficient (Wildman–Crippen LogP) is 3.25. The quantitative estimate of drug-likeness (QED) is 0.944. The molecule has 0 fully saturated rings. The Morgan fingerprint density at radius 3 is 2.70 bits per heavy atom. The smallest absolute Gasteiger partial charge is 0.259 e. The van der Waals surface area contributed by atoms with Crippen molar-refractivity contribution in [3.05, 3.63) is 47.8 Å². The molecule has 5 nitrogen and oxygen atoms in total. The Kier molecular flexibility index (Phi) is 4.32. The Hall–Kier alpha value is -2.76. The molecule has 1 amide bonds. The van der Waals surface area contributed by atoms with E-state index in [1.54, 1.807) is 18.2 Å². The number of benzene rings is 2. The molecule has 0 unspecified atom stereocenters. The first-order chi connectivity index (χ1) is 11.2. The number of halogens is 1. The van der Waals surface area contributed by atoms with Crippen molar-refractivity contribution in [3.8, 4) is 17.2 Å². The number of methoxy groups -OCH3 is 1. The van der Waals surface area contributed by atoms with Crippen LogP contribution in [0.1, 0.15) is 16.8 Å². The van der Waals surface area contributed by atoms with Gasteiger partial charge in [0.2, 0.25) is 0 Å². The summed E-state index contributed by atoms with van der Waals surface area (Å²) in [7, 11) is 1.43. The molecule has 0 bridgehead atoms. The van der Waals surface area contributed by atoms with Crippen molar-refractivity contribution >= 4 is 11.6 Å². The van der Waals surface area contributed by atoms with Gasteiger partial charge < -0.3 is 19.5 Å². The van der Waals surface area contributed by atoms with Crippen LogP contribution in [0.2, 0.25) is 0 Å². The van der Waals surface area contributed by atoms with Gasteiger partial charge in [-0.05, 0) is 30.3 Å². The predicted molar refractivity (Wildman–Crippen MR) is 83.0 cm³/mol. The Morgan fingerprint density at radius 2 is 1.91 bits per heavy atom. The minimum absolute atomic E-state index is 0.125. The van der Waals surface area contributed by atoms with E-state index < -0.39 is 11.7 Å². The van der Waals surface area contributed by atoms with Crippen molar-refractivity contribution in [2.24, 2.45) is 0 Å². The van der Waals surface area contributed by atoms with Gasteiger partial charge in [0.15, 0.2) is 11.5 Å². The second-order valence-corrected chi connectivity index (χ2v) is 5.01. The fraction of sp³-hybridized carbons (Fsp3) is 0.235. The van der Waals surface area contributed by atoms with E-state index >= 15 is 0 Å².